The third-order valence-corrected chi connectivity index (χ3v) is 5.34. The van der Waals surface area contributed by atoms with E-state index >= 15 is 0 Å². The Bertz CT molecular complexity index is 610. The summed E-state index contributed by atoms with van der Waals surface area (Å²) >= 11 is 7.59. The van der Waals surface area contributed by atoms with Crippen molar-refractivity contribution in [3.05, 3.63) is 17.4 Å². The van der Waals surface area contributed by atoms with Gasteiger partial charge in [0.05, 0.1) is 11.2 Å². The van der Waals surface area contributed by atoms with Gasteiger partial charge >= 0.3 is 0 Å². The summed E-state index contributed by atoms with van der Waals surface area (Å²) in [5.41, 5.74) is 0.955. The molecule has 0 aliphatic carbocycles. The van der Waals surface area contributed by atoms with Gasteiger partial charge in [-0.05, 0) is 25.9 Å². The van der Waals surface area contributed by atoms with Crippen LogP contribution in [0.2, 0.25) is 5.15 Å². The highest BCUT2D eigenvalue weighted by atomic mass is 35.5. The van der Waals surface area contributed by atoms with E-state index in [0.717, 1.165) is 29.5 Å². The number of hydrogen-bond donors (Lipinski definition) is 0. The number of aromatic nitrogens is 2. The number of anilines is 1. The summed E-state index contributed by atoms with van der Waals surface area (Å²) in [6.07, 6.45) is 4.26. The van der Waals surface area contributed by atoms with Gasteiger partial charge in [0.1, 0.15) is 15.5 Å². The summed E-state index contributed by atoms with van der Waals surface area (Å²) in [5, 5.41) is 1.75. The Morgan fingerprint density at radius 2 is 2.21 bits per heavy atom. The fraction of sp³-hybridized carbons (Fsp3) is 0.538. The average Bonchev–Trinajstić information content (AvgIpc) is 2.92. The number of rotatable bonds is 2. The van der Waals surface area contributed by atoms with Crippen LogP contribution in [0.5, 0.6) is 0 Å². The smallest absolute Gasteiger partial charge is 0.149 e. The average molecular weight is 295 g/mol. The van der Waals surface area contributed by atoms with E-state index in [1.165, 1.54) is 30.9 Å². The first kappa shape index (κ1) is 11.9. The van der Waals surface area contributed by atoms with Crippen LogP contribution >= 0.6 is 22.9 Å². The Morgan fingerprint density at radius 1 is 1.32 bits per heavy atom. The molecule has 100 valence electrons. The number of nitrogens with zero attached hydrogens (tertiary/aromatic N) is 4. The van der Waals surface area contributed by atoms with Crippen molar-refractivity contribution in [2.45, 2.75) is 18.9 Å². The maximum absolute atomic E-state index is 5.89. The van der Waals surface area contributed by atoms with Gasteiger partial charge in [-0.25, -0.2) is 4.98 Å². The number of likely N-dealkylation sites (tertiary alicyclic amines) is 1. The zero-order chi connectivity index (χ0) is 12.8. The summed E-state index contributed by atoms with van der Waals surface area (Å²) in [5.74, 6) is 0. The fourth-order valence-corrected chi connectivity index (χ4v) is 4.09. The van der Waals surface area contributed by atoms with Crippen LogP contribution in [-0.2, 0) is 0 Å². The van der Waals surface area contributed by atoms with Crippen LogP contribution in [0.15, 0.2) is 12.3 Å². The van der Waals surface area contributed by atoms with Crippen molar-refractivity contribution in [2.75, 3.05) is 31.1 Å². The minimum atomic E-state index is 0.473. The number of thiophene rings is 1. The summed E-state index contributed by atoms with van der Waals surface area (Å²) in [7, 11) is 0. The Balaban J connectivity index is 1.57. The van der Waals surface area contributed by atoms with Gasteiger partial charge in [0, 0.05) is 25.2 Å². The molecule has 2 aromatic heterocycles. The minimum Gasteiger partial charge on any atom is -0.362 e. The van der Waals surface area contributed by atoms with E-state index in [9.17, 15) is 0 Å². The van der Waals surface area contributed by atoms with Gasteiger partial charge < -0.3 is 4.90 Å². The van der Waals surface area contributed by atoms with E-state index in [-0.39, 0.29) is 0 Å². The predicted octanol–water partition coefficient (Wildman–Crippen LogP) is 2.63. The van der Waals surface area contributed by atoms with Gasteiger partial charge in [-0.2, -0.15) is 0 Å². The van der Waals surface area contributed by atoms with Crippen LogP contribution in [0, 0.1) is 0 Å². The molecule has 2 fully saturated rings. The van der Waals surface area contributed by atoms with Crippen LogP contribution in [-0.4, -0.2) is 47.1 Å². The molecular formula is C13H15ClN4S. The van der Waals surface area contributed by atoms with Gasteiger partial charge in [-0.15, -0.1) is 0 Å². The molecule has 0 N–H and O–H groups in total. The van der Waals surface area contributed by atoms with Gasteiger partial charge in [-0.3, -0.25) is 9.88 Å². The molecule has 2 saturated heterocycles. The molecule has 2 aliphatic heterocycles. The first-order valence-corrected chi connectivity index (χ1v) is 7.90. The second-order valence-electron chi connectivity index (χ2n) is 5.25. The minimum absolute atomic E-state index is 0.473. The van der Waals surface area contributed by atoms with Crippen LogP contribution in [0.1, 0.15) is 12.8 Å². The molecular weight excluding hydrogens is 280 g/mol. The maximum Gasteiger partial charge on any atom is 0.149 e. The Kier molecular flexibility index (Phi) is 2.86. The molecule has 4 nitrogen and oxygen atoms in total. The lowest BCUT2D eigenvalue weighted by Crippen LogP contribution is -2.46. The summed E-state index contributed by atoms with van der Waals surface area (Å²) in [6.45, 7) is 4.84. The largest absolute Gasteiger partial charge is 0.362 e. The van der Waals surface area contributed by atoms with E-state index in [1.807, 2.05) is 0 Å². The molecule has 0 spiro atoms. The Labute approximate surface area is 121 Å². The van der Waals surface area contributed by atoms with Crippen LogP contribution < -0.4 is 4.90 Å². The first-order chi connectivity index (χ1) is 9.29. The molecule has 2 aliphatic rings. The second kappa shape index (κ2) is 4.58. The summed E-state index contributed by atoms with van der Waals surface area (Å²) in [4.78, 5) is 14.7. The van der Waals surface area contributed by atoms with Crippen molar-refractivity contribution < 1.29 is 0 Å². The van der Waals surface area contributed by atoms with Crippen molar-refractivity contribution in [1.29, 1.82) is 0 Å². The van der Waals surface area contributed by atoms with Crippen molar-refractivity contribution >= 4 is 38.3 Å². The molecule has 0 bridgehead atoms. The maximum atomic E-state index is 5.89. The molecule has 4 heterocycles. The van der Waals surface area contributed by atoms with Gasteiger partial charge in [-0.1, -0.05) is 22.9 Å². The van der Waals surface area contributed by atoms with Crippen molar-refractivity contribution in [3.8, 4) is 0 Å². The third-order valence-electron chi connectivity index (χ3n) is 4.08. The lowest BCUT2D eigenvalue weighted by Gasteiger charge is -2.36. The molecule has 0 radical (unpaired) electrons. The van der Waals surface area contributed by atoms with Crippen LogP contribution in [0.25, 0.3) is 10.3 Å². The zero-order valence-electron chi connectivity index (χ0n) is 10.5. The highest BCUT2D eigenvalue weighted by Gasteiger charge is 2.31. The lowest BCUT2D eigenvalue weighted by atomic mass is 10.1. The third kappa shape index (κ3) is 2.10. The normalized spacial score (nSPS) is 24.1. The monoisotopic (exact) mass is 294 g/mol. The molecule has 1 atom stereocenters. The number of halogens is 1. The van der Waals surface area contributed by atoms with Gasteiger partial charge in [0.25, 0.3) is 0 Å². The van der Waals surface area contributed by atoms with E-state index in [0.29, 0.717) is 5.15 Å². The molecule has 0 saturated carbocycles. The van der Waals surface area contributed by atoms with E-state index < -0.39 is 0 Å². The molecule has 19 heavy (non-hydrogen) atoms. The standard InChI is InChI=1S/C13H15ClN4S/c14-11-7-15-10-6-12(19-13(10)16-11)18-5-2-9(8-18)17-3-1-4-17/h6-7,9H,1-5,8H2/t9-/m1/s1. The van der Waals surface area contributed by atoms with Gasteiger partial charge in [0.15, 0.2) is 0 Å². The second-order valence-corrected chi connectivity index (χ2v) is 6.64. The highest BCUT2D eigenvalue weighted by Crippen LogP contribution is 2.34. The Hall–Kier alpha value is -0.910. The SMILES string of the molecule is Clc1cnc2cc(N3CC[C@@H](N4CCC4)C3)sc2n1. The predicted molar refractivity (Wildman–Crippen MR) is 79.2 cm³/mol. The molecule has 0 unspecified atom stereocenters. The quantitative estimate of drug-likeness (QED) is 0.852. The van der Waals surface area contributed by atoms with Crippen molar-refractivity contribution in [2.24, 2.45) is 0 Å². The molecule has 6 heteroatoms. The van der Waals surface area contributed by atoms with E-state index in [4.69, 9.17) is 11.6 Å². The molecule has 0 amide bonds. The zero-order valence-corrected chi connectivity index (χ0v) is 12.1. The van der Waals surface area contributed by atoms with Crippen LogP contribution in [0.3, 0.4) is 0 Å². The lowest BCUT2D eigenvalue weighted by molar-refractivity contribution is 0.129. The van der Waals surface area contributed by atoms with Gasteiger partial charge in [0.2, 0.25) is 0 Å². The van der Waals surface area contributed by atoms with E-state index in [1.54, 1.807) is 17.5 Å². The van der Waals surface area contributed by atoms with Crippen molar-refractivity contribution in [1.82, 2.24) is 14.9 Å². The van der Waals surface area contributed by atoms with E-state index in [2.05, 4.69) is 25.8 Å². The summed E-state index contributed by atoms with van der Waals surface area (Å²) < 4.78 is 0. The molecule has 2 aromatic rings. The van der Waals surface area contributed by atoms with Crippen molar-refractivity contribution in [3.63, 3.8) is 0 Å². The first-order valence-electron chi connectivity index (χ1n) is 6.71. The molecule has 4 rings (SSSR count). The topological polar surface area (TPSA) is 32.3 Å². The summed E-state index contributed by atoms with van der Waals surface area (Å²) in [6, 6.07) is 2.88. The Morgan fingerprint density at radius 3 is 3.00 bits per heavy atom. The molecule has 0 aromatic carbocycles. The highest BCUT2D eigenvalue weighted by molar-refractivity contribution is 7.22. The number of fused-ring (bicyclic) bond motifs is 1. The number of hydrogen-bond acceptors (Lipinski definition) is 5. The van der Waals surface area contributed by atoms with Crippen LogP contribution in [0.4, 0.5) is 5.00 Å². The fourth-order valence-electron chi connectivity index (χ4n) is 2.88.